The molecular formula is C40H55F3N6O7. The van der Waals surface area contributed by atoms with Crippen LogP contribution in [0.4, 0.5) is 13.2 Å². The number of carbonyl (C=O) groups excluding carboxylic acids is 7. The molecule has 1 aromatic heterocycles. The van der Waals surface area contributed by atoms with E-state index in [0.717, 1.165) is 32.1 Å². The largest absolute Gasteiger partial charge is 0.389 e. The Labute approximate surface area is 324 Å². The average molecular weight is 789 g/mol. The normalized spacial score (nSPS) is 27.1. The van der Waals surface area contributed by atoms with Gasteiger partial charge in [0.05, 0.1) is 11.6 Å². The minimum absolute atomic E-state index is 0.0641. The lowest BCUT2D eigenvalue weighted by Crippen LogP contribution is -2.70. The number of hydrogen-bond donors (Lipinski definition) is 5. The highest BCUT2D eigenvalue weighted by molar-refractivity contribution is 6.38. The first-order valence-corrected chi connectivity index (χ1v) is 20.2. The molecule has 1 aromatic rings. The zero-order valence-corrected chi connectivity index (χ0v) is 32.8. The lowest BCUT2D eigenvalue weighted by Gasteiger charge is -2.55. The van der Waals surface area contributed by atoms with Gasteiger partial charge in [-0.1, -0.05) is 39.5 Å². The summed E-state index contributed by atoms with van der Waals surface area (Å²) < 4.78 is 40.0. The zero-order chi connectivity index (χ0) is 40.9. The number of aromatic amines is 1. The van der Waals surface area contributed by atoms with Crippen molar-refractivity contribution in [2.24, 2.45) is 23.2 Å². The van der Waals surface area contributed by atoms with Gasteiger partial charge in [0.25, 0.3) is 11.8 Å². The summed E-state index contributed by atoms with van der Waals surface area (Å²) in [5.41, 5.74) is 0.803. The predicted octanol–water partition coefficient (Wildman–Crippen LogP) is 4.10. The SMILES string of the molecule is CC(=O)c1c(C(=O)N[C@H](C(=O)N[C@@H]2C(=O)N3[C@H](C(=O)NC(CCC(F)(F)F)C(=O)C(=O)NC4CC4)C[C@@H]4CCCC([C@@H]43)C2(C)C)C2CCCCC2)[nH]c(C)c1C. The minimum Gasteiger partial charge on any atom is -0.354 e. The van der Waals surface area contributed by atoms with E-state index in [4.69, 9.17) is 0 Å². The van der Waals surface area contributed by atoms with Crippen molar-refractivity contribution in [2.75, 3.05) is 0 Å². The van der Waals surface area contributed by atoms with Gasteiger partial charge in [0.1, 0.15) is 23.8 Å². The smallest absolute Gasteiger partial charge is 0.354 e. The number of alkyl halides is 3. The summed E-state index contributed by atoms with van der Waals surface area (Å²) >= 11 is 0. The van der Waals surface area contributed by atoms with E-state index in [2.05, 4.69) is 26.3 Å². The van der Waals surface area contributed by atoms with Crippen LogP contribution in [0, 0.1) is 37.0 Å². The molecule has 5 N–H and O–H groups in total. The summed E-state index contributed by atoms with van der Waals surface area (Å²) in [7, 11) is 0. The molecule has 7 atom stereocenters. The molecule has 0 aromatic carbocycles. The fraction of sp³-hybridized carbons (Fsp3) is 0.725. The van der Waals surface area contributed by atoms with Crippen LogP contribution in [0.2, 0.25) is 0 Å². The number of piperidine rings is 1. The van der Waals surface area contributed by atoms with Crippen molar-refractivity contribution in [3.05, 3.63) is 22.5 Å². The number of amides is 5. The maximum atomic E-state index is 14.7. The van der Waals surface area contributed by atoms with Crippen LogP contribution in [-0.4, -0.2) is 93.4 Å². The van der Waals surface area contributed by atoms with E-state index in [0.29, 0.717) is 43.4 Å². The van der Waals surface area contributed by atoms with Crippen molar-refractivity contribution < 1.29 is 46.7 Å². The summed E-state index contributed by atoms with van der Waals surface area (Å²) in [5.74, 6) is -5.54. The number of nitrogens with one attached hydrogen (secondary N) is 5. The van der Waals surface area contributed by atoms with Crippen LogP contribution in [-0.2, 0) is 24.0 Å². The second kappa shape index (κ2) is 16.0. The van der Waals surface area contributed by atoms with Crippen molar-refractivity contribution in [1.29, 1.82) is 0 Å². The van der Waals surface area contributed by atoms with E-state index < -0.39 is 83.9 Å². The third-order valence-electron chi connectivity index (χ3n) is 13.2. The topological polar surface area (TPSA) is 187 Å². The monoisotopic (exact) mass is 788 g/mol. The minimum atomic E-state index is -4.64. The molecule has 0 spiro atoms. The van der Waals surface area contributed by atoms with Crippen LogP contribution in [0.1, 0.15) is 136 Å². The standard InChI is InChI=1S/C40H55F3N6O7/c1-19-20(2)44-30(28(19)21(3)50)36(54)47-29(22-10-7-6-8-11-22)35(53)48-33-38(56)49-27(18-23-12-9-13-25(31(23)49)39(33,4)5)34(52)46-26(16-17-40(41,42)43)32(51)37(55)45-24-14-15-24/h22-27,29,31,33,44H,6-18H2,1-5H3,(H,45,55)(H,46,52)(H,47,54)(H,48,53)/t23-,25?,26?,27-,29-,31+,33+/m0/s1. The molecule has 56 heavy (non-hydrogen) atoms. The quantitative estimate of drug-likeness (QED) is 0.147. The molecule has 308 valence electrons. The Morgan fingerprint density at radius 1 is 0.911 bits per heavy atom. The molecule has 5 amide bonds. The highest BCUT2D eigenvalue weighted by Crippen LogP contribution is 2.54. The zero-order valence-electron chi connectivity index (χ0n) is 32.8. The average Bonchev–Trinajstić information content (AvgIpc) is 3.78. The van der Waals surface area contributed by atoms with Gasteiger partial charge in [-0.25, -0.2) is 0 Å². The van der Waals surface area contributed by atoms with Crippen LogP contribution in [0.5, 0.6) is 0 Å². The highest BCUT2D eigenvalue weighted by atomic mass is 19.4. The second-order valence-electron chi connectivity index (χ2n) is 17.4. The van der Waals surface area contributed by atoms with Gasteiger partial charge < -0.3 is 31.2 Å². The molecule has 5 fully saturated rings. The molecule has 6 rings (SSSR count). The fourth-order valence-corrected chi connectivity index (χ4v) is 9.96. The molecule has 2 aliphatic heterocycles. The number of H-pyrrole nitrogens is 1. The third-order valence-corrected chi connectivity index (χ3v) is 13.2. The van der Waals surface area contributed by atoms with Gasteiger partial charge in [0.15, 0.2) is 5.78 Å². The number of aromatic nitrogens is 1. The Morgan fingerprint density at radius 3 is 2.21 bits per heavy atom. The number of ketones is 2. The van der Waals surface area contributed by atoms with Crippen LogP contribution in [0.3, 0.4) is 0 Å². The second-order valence-corrected chi connectivity index (χ2v) is 17.4. The number of aryl methyl sites for hydroxylation is 1. The first kappa shape index (κ1) is 41.4. The number of rotatable bonds is 13. The van der Waals surface area contributed by atoms with Crippen LogP contribution in [0.25, 0.3) is 0 Å². The van der Waals surface area contributed by atoms with Crippen molar-refractivity contribution in [2.45, 2.75) is 161 Å². The van der Waals surface area contributed by atoms with Gasteiger partial charge in [-0.15, -0.1) is 0 Å². The molecule has 3 saturated carbocycles. The highest BCUT2D eigenvalue weighted by Gasteiger charge is 2.62. The van der Waals surface area contributed by atoms with Crippen LogP contribution >= 0.6 is 0 Å². The summed E-state index contributed by atoms with van der Waals surface area (Å²) in [5, 5.41) is 10.8. The van der Waals surface area contributed by atoms with E-state index in [9.17, 15) is 46.7 Å². The Kier molecular flexibility index (Phi) is 11.8. The molecule has 0 bridgehead atoms. The molecule has 0 radical (unpaired) electrons. The molecule has 2 saturated heterocycles. The first-order chi connectivity index (χ1) is 26.3. The van der Waals surface area contributed by atoms with E-state index in [-0.39, 0.29) is 53.3 Å². The van der Waals surface area contributed by atoms with Crippen LogP contribution < -0.4 is 21.3 Å². The third kappa shape index (κ3) is 8.39. The molecule has 2 unspecified atom stereocenters. The summed E-state index contributed by atoms with van der Waals surface area (Å²) in [6.45, 7) is 8.69. The number of hydrogen-bond acceptors (Lipinski definition) is 7. The van der Waals surface area contributed by atoms with Gasteiger partial charge in [0, 0.05) is 24.2 Å². The van der Waals surface area contributed by atoms with Crippen LogP contribution in [0.15, 0.2) is 0 Å². The summed E-state index contributed by atoms with van der Waals surface area (Å²) in [4.78, 5) is 99.9. The van der Waals surface area contributed by atoms with Gasteiger partial charge in [-0.3, -0.25) is 33.6 Å². The molecule has 5 aliphatic rings. The van der Waals surface area contributed by atoms with Gasteiger partial charge in [-0.05, 0) is 101 Å². The van der Waals surface area contributed by atoms with Crippen molar-refractivity contribution in [1.82, 2.24) is 31.2 Å². The first-order valence-electron chi connectivity index (χ1n) is 20.2. The summed E-state index contributed by atoms with van der Waals surface area (Å²) in [6, 6.07) is -5.65. The van der Waals surface area contributed by atoms with E-state index in [1.165, 1.54) is 11.8 Å². The van der Waals surface area contributed by atoms with E-state index >= 15 is 0 Å². The maximum Gasteiger partial charge on any atom is 0.389 e. The fourth-order valence-electron chi connectivity index (χ4n) is 9.96. The van der Waals surface area contributed by atoms with Crippen molar-refractivity contribution in [3.63, 3.8) is 0 Å². The van der Waals surface area contributed by atoms with Gasteiger partial charge in [-0.2, -0.15) is 13.2 Å². The summed E-state index contributed by atoms with van der Waals surface area (Å²) in [6.07, 6.45) is 0.866. The molecule has 16 heteroatoms. The lowest BCUT2D eigenvalue weighted by atomic mass is 9.60. The number of Topliss-reactive ketones (excluding diaryl/α,β-unsaturated/α-hetero) is 2. The molecule has 3 aliphatic carbocycles. The van der Waals surface area contributed by atoms with Crippen molar-refractivity contribution in [3.8, 4) is 0 Å². The van der Waals surface area contributed by atoms with E-state index in [1.807, 2.05) is 13.8 Å². The maximum absolute atomic E-state index is 14.7. The van der Waals surface area contributed by atoms with E-state index in [1.54, 1.807) is 13.8 Å². The molecular weight excluding hydrogens is 733 g/mol. The van der Waals surface area contributed by atoms with Gasteiger partial charge >= 0.3 is 6.18 Å². The Hall–Kier alpha value is -4.24. The molecule has 3 heterocycles. The predicted molar refractivity (Wildman–Crippen MR) is 197 cm³/mol. The number of nitrogens with zero attached hydrogens (tertiary/aromatic N) is 1. The molecule has 13 nitrogen and oxygen atoms in total. The Bertz CT molecular complexity index is 1760. The number of carbonyl (C=O) groups is 7. The number of halogens is 3. The van der Waals surface area contributed by atoms with Crippen molar-refractivity contribution >= 4 is 41.1 Å². The Morgan fingerprint density at radius 2 is 1.59 bits per heavy atom. The Balaban J connectivity index is 1.26. The lowest BCUT2D eigenvalue weighted by molar-refractivity contribution is -0.160. The van der Waals surface area contributed by atoms with Gasteiger partial charge in [0.2, 0.25) is 23.5 Å².